The van der Waals surface area contributed by atoms with Crippen molar-refractivity contribution in [3.05, 3.63) is 38.9 Å². The Hall–Kier alpha value is -2.46. The van der Waals surface area contributed by atoms with Gasteiger partial charge in [0.05, 0.1) is 15.9 Å². The summed E-state index contributed by atoms with van der Waals surface area (Å²) >= 11 is 0. The van der Waals surface area contributed by atoms with Crippen LogP contribution in [0.2, 0.25) is 0 Å². The van der Waals surface area contributed by atoms with Gasteiger partial charge in [-0.05, 0) is 25.1 Å². The number of carboxylic acids is 1. The minimum Gasteiger partial charge on any atom is -0.480 e. The number of fused-ring (bicyclic) bond motifs is 1. The number of hydrogen-bond acceptors (Lipinski definition) is 5. The van der Waals surface area contributed by atoms with Crippen molar-refractivity contribution in [2.75, 3.05) is 0 Å². The Morgan fingerprint density at radius 2 is 1.76 bits per heavy atom. The number of benzene rings is 1. The number of hydrogen-bond donors (Lipinski definition) is 4. The van der Waals surface area contributed by atoms with Gasteiger partial charge in [0, 0.05) is 0 Å². The Kier molecular flexibility index (Phi) is 3.66. The van der Waals surface area contributed by atoms with Crippen molar-refractivity contribution in [2.45, 2.75) is 17.9 Å². The fourth-order valence-corrected chi connectivity index (χ4v) is 2.83. The maximum absolute atomic E-state index is 12.0. The molecule has 112 valence electrons. The van der Waals surface area contributed by atoms with Crippen molar-refractivity contribution in [1.82, 2.24) is 14.7 Å². The number of sulfonamides is 1. The Balaban J connectivity index is 2.52. The molecule has 1 atom stereocenters. The molecule has 0 spiro atoms. The van der Waals surface area contributed by atoms with Crippen LogP contribution in [-0.4, -0.2) is 35.5 Å². The third-order valence-electron chi connectivity index (χ3n) is 2.71. The minimum atomic E-state index is -4.06. The van der Waals surface area contributed by atoms with Crippen LogP contribution in [0.15, 0.2) is 32.7 Å². The van der Waals surface area contributed by atoms with Gasteiger partial charge in [-0.2, -0.15) is 4.72 Å². The third-order valence-corrected chi connectivity index (χ3v) is 4.24. The van der Waals surface area contributed by atoms with E-state index >= 15 is 0 Å². The van der Waals surface area contributed by atoms with E-state index in [9.17, 15) is 22.8 Å². The molecule has 0 aliphatic rings. The molecule has 1 heterocycles. The molecular formula is C11H11N3O6S. The van der Waals surface area contributed by atoms with Crippen molar-refractivity contribution in [1.29, 1.82) is 0 Å². The summed E-state index contributed by atoms with van der Waals surface area (Å²) in [6.45, 7) is 1.18. The van der Waals surface area contributed by atoms with Gasteiger partial charge in [0.2, 0.25) is 10.0 Å². The van der Waals surface area contributed by atoms with Gasteiger partial charge in [0.1, 0.15) is 6.04 Å². The molecule has 0 unspecified atom stereocenters. The molecule has 21 heavy (non-hydrogen) atoms. The van der Waals surface area contributed by atoms with Gasteiger partial charge < -0.3 is 15.1 Å². The standard InChI is InChI=1S/C11H11N3O6S/c1-5(11(17)18)14-21(19,20)6-2-3-7-8(4-6)13-10(16)9(15)12-7/h2-5,14H,1H3,(H,12,15)(H,13,16)(H,17,18)/t5-/m0/s1. The van der Waals surface area contributed by atoms with E-state index in [0.29, 0.717) is 0 Å². The number of aromatic nitrogens is 2. The lowest BCUT2D eigenvalue weighted by Crippen LogP contribution is -2.38. The summed E-state index contributed by atoms with van der Waals surface area (Å²) in [6.07, 6.45) is 0. The number of carboxylic acid groups (broad SMARTS) is 1. The van der Waals surface area contributed by atoms with E-state index in [-0.39, 0.29) is 15.9 Å². The highest BCUT2D eigenvalue weighted by Crippen LogP contribution is 2.14. The molecule has 0 bridgehead atoms. The van der Waals surface area contributed by atoms with Crippen molar-refractivity contribution in [3.63, 3.8) is 0 Å². The van der Waals surface area contributed by atoms with Crippen LogP contribution in [0.3, 0.4) is 0 Å². The first-order valence-corrected chi connectivity index (χ1v) is 7.20. The zero-order chi connectivity index (χ0) is 15.8. The van der Waals surface area contributed by atoms with E-state index in [1.807, 2.05) is 4.72 Å². The van der Waals surface area contributed by atoms with E-state index in [4.69, 9.17) is 5.11 Å². The molecule has 0 saturated carbocycles. The van der Waals surface area contributed by atoms with Gasteiger partial charge >= 0.3 is 17.1 Å². The van der Waals surface area contributed by atoms with Crippen LogP contribution in [0, 0.1) is 0 Å². The summed E-state index contributed by atoms with van der Waals surface area (Å²) in [4.78, 5) is 37.3. The lowest BCUT2D eigenvalue weighted by molar-refractivity contribution is -0.138. The number of H-pyrrole nitrogens is 2. The Morgan fingerprint density at radius 3 is 2.33 bits per heavy atom. The lowest BCUT2D eigenvalue weighted by Gasteiger charge is -2.10. The molecule has 0 fully saturated rings. The first kappa shape index (κ1) is 14.9. The SMILES string of the molecule is C[C@H](NS(=O)(=O)c1ccc2[nH]c(=O)c(=O)[nH]c2c1)C(=O)O. The quantitative estimate of drug-likeness (QED) is 0.530. The fraction of sp³-hybridized carbons (Fsp3) is 0.182. The largest absolute Gasteiger partial charge is 0.480 e. The first-order chi connectivity index (χ1) is 9.70. The van der Waals surface area contributed by atoms with E-state index in [1.165, 1.54) is 19.1 Å². The van der Waals surface area contributed by atoms with Crippen molar-refractivity contribution >= 4 is 27.0 Å². The molecule has 0 amide bonds. The highest BCUT2D eigenvalue weighted by molar-refractivity contribution is 7.89. The number of rotatable bonds is 4. The monoisotopic (exact) mass is 313 g/mol. The minimum absolute atomic E-state index is 0.116. The zero-order valence-corrected chi connectivity index (χ0v) is 11.5. The van der Waals surface area contributed by atoms with Gasteiger partial charge in [0.25, 0.3) is 0 Å². The van der Waals surface area contributed by atoms with Crippen LogP contribution in [0.4, 0.5) is 0 Å². The highest BCUT2D eigenvalue weighted by atomic mass is 32.2. The third kappa shape index (κ3) is 3.01. The topological polar surface area (TPSA) is 149 Å². The lowest BCUT2D eigenvalue weighted by atomic mass is 10.3. The second kappa shape index (κ2) is 5.14. The Bertz CT molecular complexity index is 927. The van der Waals surface area contributed by atoms with Crippen molar-refractivity contribution in [3.8, 4) is 0 Å². The Labute approximate surface area is 117 Å². The molecule has 9 nitrogen and oxygen atoms in total. The molecule has 10 heteroatoms. The van der Waals surface area contributed by atoms with Gasteiger partial charge in [0.15, 0.2) is 0 Å². The molecule has 1 aromatic carbocycles. The summed E-state index contributed by atoms with van der Waals surface area (Å²) in [7, 11) is -4.06. The fourth-order valence-electron chi connectivity index (χ4n) is 1.61. The number of aromatic amines is 2. The Morgan fingerprint density at radius 1 is 1.19 bits per heavy atom. The van der Waals surface area contributed by atoms with E-state index in [0.717, 1.165) is 6.07 Å². The molecule has 2 rings (SSSR count). The summed E-state index contributed by atoms with van der Waals surface area (Å²) in [5.74, 6) is -1.32. The van der Waals surface area contributed by atoms with Gasteiger partial charge in [-0.1, -0.05) is 0 Å². The van der Waals surface area contributed by atoms with Crippen LogP contribution < -0.4 is 15.8 Å². The molecule has 2 aromatic rings. The zero-order valence-electron chi connectivity index (χ0n) is 10.7. The average molecular weight is 313 g/mol. The summed E-state index contributed by atoms with van der Waals surface area (Å²) in [5.41, 5.74) is -1.39. The molecule has 1 aromatic heterocycles. The number of nitrogens with one attached hydrogen (secondary N) is 3. The molecule has 0 aliphatic heterocycles. The maximum atomic E-state index is 12.0. The summed E-state index contributed by atoms with van der Waals surface area (Å²) in [5, 5.41) is 8.72. The maximum Gasteiger partial charge on any atom is 0.321 e. The molecule has 0 saturated heterocycles. The predicted octanol–water partition coefficient (Wildman–Crippen LogP) is -1.03. The predicted molar refractivity (Wildman–Crippen MR) is 72.6 cm³/mol. The summed E-state index contributed by atoms with van der Waals surface area (Å²) in [6, 6.07) is 2.31. The van der Waals surface area contributed by atoms with Gasteiger partial charge in [-0.15, -0.1) is 0 Å². The molecular weight excluding hydrogens is 302 g/mol. The second-order valence-corrected chi connectivity index (χ2v) is 6.01. The second-order valence-electron chi connectivity index (χ2n) is 4.30. The van der Waals surface area contributed by atoms with Crippen molar-refractivity contribution < 1.29 is 18.3 Å². The van der Waals surface area contributed by atoms with E-state index < -0.39 is 33.2 Å². The first-order valence-electron chi connectivity index (χ1n) is 5.72. The molecule has 4 N–H and O–H groups in total. The van der Waals surface area contributed by atoms with Gasteiger partial charge in [-0.3, -0.25) is 14.4 Å². The normalized spacial score (nSPS) is 13.2. The van der Waals surface area contributed by atoms with Crippen LogP contribution >= 0.6 is 0 Å². The van der Waals surface area contributed by atoms with E-state index in [1.54, 1.807) is 0 Å². The molecule has 0 radical (unpaired) electrons. The van der Waals surface area contributed by atoms with Crippen LogP contribution in [0.25, 0.3) is 11.0 Å². The van der Waals surface area contributed by atoms with Gasteiger partial charge in [-0.25, -0.2) is 8.42 Å². The van der Waals surface area contributed by atoms with Crippen LogP contribution in [0.1, 0.15) is 6.92 Å². The highest BCUT2D eigenvalue weighted by Gasteiger charge is 2.21. The smallest absolute Gasteiger partial charge is 0.321 e. The number of carbonyl (C=O) groups is 1. The van der Waals surface area contributed by atoms with Crippen LogP contribution in [0.5, 0.6) is 0 Å². The average Bonchev–Trinajstić information content (AvgIpc) is 2.38. The van der Waals surface area contributed by atoms with Crippen LogP contribution in [-0.2, 0) is 14.8 Å². The molecule has 0 aliphatic carbocycles. The van der Waals surface area contributed by atoms with Crippen molar-refractivity contribution in [2.24, 2.45) is 0 Å². The van der Waals surface area contributed by atoms with E-state index in [2.05, 4.69) is 9.97 Å². The number of aliphatic carboxylic acids is 1. The summed E-state index contributed by atoms with van der Waals surface area (Å²) < 4.78 is 26.0.